The van der Waals surface area contributed by atoms with E-state index in [1.54, 1.807) is 6.07 Å². The SMILES string of the molecule is NC1CCCc2c1ccc(O)c2Cl. The summed E-state index contributed by atoms with van der Waals surface area (Å²) in [6, 6.07) is 3.58. The Hall–Kier alpha value is -0.730. The quantitative estimate of drug-likeness (QED) is 0.671. The Morgan fingerprint density at radius 1 is 1.46 bits per heavy atom. The summed E-state index contributed by atoms with van der Waals surface area (Å²) in [5.74, 6) is 0.162. The minimum Gasteiger partial charge on any atom is -0.506 e. The van der Waals surface area contributed by atoms with E-state index in [0.29, 0.717) is 5.02 Å². The zero-order valence-electron chi connectivity index (χ0n) is 7.26. The molecule has 2 rings (SSSR count). The molecule has 1 unspecified atom stereocenters. The number of halogens is 1. The summed E-state index contributed by atoms with van der Waals surface area (Å²) in [5.41, 5.74) is 8.04. The molecular weight excluding hydrogens is 186 g/mol. The first-order valence-corrected chi connectivity index (χ1v) is 4.84. The van der Waals surface area contributed by atoms with Crippen LogP contribution in [0, 0.1) is 0 Å². The molecule has 0 saturated heterocycles. The van der Waals surface area contributed by atoms with Crippen LogP contribution in [0.25, 0.3) is 0 Å². The van der Waals surface area contributed by atoms with Gasteiger partial charge in [0.25, 0.3) is 0 Å². The highest BCUT2D eigenvalue weighted by Gasteiger charge is 2.20. The maximum absolute atomic E-state index is 9.39. The van der Waals surface area contributed by atoms with Gasteiger partial charge in [0.15, 0.2) is 0 Å². The molecule has 1 aliphatic carbocycles. The molecule has 0 radical (unpaired) electrons. The van der Waals surface area contributed by atoms with Gasteiger partial charge >= 0.3 is 0 Å². The monoisotopic (exact) mass is 197 g/mol. The first kappa shape index (κ1) is 8.85. The minimum atomic E-state index is 0.0850. The normalized spacial score (nSPS) is 21.2. The van der Waals surface area contributed by atoms with Crippen molar-refractivity contribution in [1.82, 2.24) is 0 Å². The number of benzene rings is 1. The van der Waals surface area contributed by atoms with Crippen LogP contribution in [0.1, 0.15) is 30.0 Å². The van der Waals surface area contributed by atoms with E-state index in [0.717, 1.165) is 30.4 Å². The topological polar surface area (TPSA) is 46.2 Å². The fraction of sp³-hybridized carbons (Fsp3) is 0.400. The Labute approximate surface area is 82.3 Å². The van der Waals surface area contributed by atoms with Crippen LogP contribution in [0.3, 0.4) is 0 Å². The molecule has 1 aromatic carbocycles. The molecule has 0 spiro atoms. The molecule has 1 aliphatic rings. The third kappa shape index (κ3) is 1.40. The highest BCUT2D eigenvalue weighted by Crippen LogP contribution is 2.37. The zero-order valence-corrected chi connectivity index (χ0v) is 8.01. The Balaban J connectivity index is 2.56. The van der Waals surface area contributed by atoms with Crippen molar-refractivity contribution in [2.24, 2.45) is 5.73 Å². The summed E-state index contributed by atoms with van der Waals surface area (Å²) in [7, 11) is 0. The number of rotatable bonds is 0. The molecule has 0 aliphatic heterocycles. The molecule has 3 heteroatoms. The van der Waals surface area contributed by atoms with E-state index in [2.05, 4.69) is 0 Å². The predicted molar refractivity (Wildman–Crippen MR) is 53.0 cm³/mol. The highest BCUT2D eigenvalue weighted by molar-refractivity contribution is 6.32. The van der Waals surface area contributed by atoms with Crippen LogP contribution >= 0.6 is 11.6 Å². The van der Waals surface area contributed by atoms with Gasteiger partial charge in [-0.1, -0.05) is 17.7 Å². The number of phenolic OH excluding ortho intramolecular Hbond substituents is 1. The minimum absolute atomic E-state index is 0.0850. The second-order valence-corrected chi connectivity index (χ2v) is 3.84. The molecule has 0 heterocycles. The Morgan fingerprint density at radius 3 is 3.00 bits per heavy atom. The average Bonchev–Trinajstić information content (AvgIpc) is 2.12. The molecule has 3 N–H and O–H groups in total. The van der Waals surface area contributed by atoms with E-state index in [1.165, 1.54) is 0 Å². The fourth-order valence-electron chi connectivity index (χ4n) is 1.88. The van der Waals surface area contributed by atoms with Crippen molar-refractivity contribution >= 4 is 11.6 Å². The predicted octanol–water partition coefficient (Wildman–Crippen LogP) is 2.38. The van der Waals surface area contributed by atoms with Gasteiger partial charge in [0.05, 0.1) is 5.02 Å². The smallest absolute Gasteiger partial charge is 0.134 e. The summed E-state index contributed by atoms with van der Waals surface area (Å²) >= 11 is 5.97. The van der Waals surface area contributed by atoms with Gasteiger partial charge < -0.3 is 10.8 Å². The standard InChI is InChI=1S/C10H12ClNO/c11-10-7-2-1-3-8(12)6(7)4-5-9(10)13/h4-5,8,13H,1-3,12H2. The van der Waals surface area contributed by atoms with Gasteiger partial charge in [-0.2, -0.15) is 0 Å². The van der Waals surface area contributed by atoms with Crippen molar-refractivity contribution in [2.45, 2.75) is 25.3 Å². The number of hydrogen-bond acceptors (Lipinski definition) is 2. The van der Waals surface area contributed by atoms with Crippen molar-refractivity contribution in [2.75, 3.05) is 0 Å². The van der Waals surface area contributed by atoms with Gasteiger partial charge in [-0.15, -0.1) is 0 Å². The molecule has 0 aromatic heterocycles. The van der Waals surface area contributed by atoms with E-state index in [4.69, 9.17) is 17.3 Å². The van der Waals surface area contributed by atoms with Crippen molar-refractivity contribution < 1.29 is 5.11 Å². The number of nitrogens with two attached hydrogens (primary N) is 1. The van der Waals surface area contributed by atoms with Crippen LogP contribution in [-0.2, 0) is 6.42 Å². The van der Waals surface area contributed by atoms with Crippen molar-refractivity contribution in [1.29, 1.82) is 0 Å². The van der Waals surface area contributed by atoms with Crippen molar-refractivity contribution in [3.05, 3.63) is 28.3 Å². The molecule has 2 nitrogen and oxygen atoms in total. The molecule has 1 atom stereocenters. The maximum atomic E-state index is 9.39. The van der Waals surface area contributed by atoms with Crippen LogP contribution in [-0.4, -0.2) is 5.11 Å². The molecular formula is C10H12ClNO. The molecule has 13 heavy (non-hydrogen) atoms. The number of aromatic hydroxyl groups is 1. The van der Waals surface area contributed by atoms with E-state index < -0.39 is 0 Å². The average molecular weight is 198 g/mol. The number of phenols is 1. The van der Waals surface area contributed by atoms with Gasteiger partial charge in [-0.05, 0) is 36.5 Å². The van der Waals surface area contributed by atoms with Gasteiger partial charge in [0, 0.05) is 6.04 Å². The summed E-state index contributed by atoms with van der Waals surface area (Å²) in [6.45, 7) is 0. The van der Waals surface area contributed by atoms with Crippen LogP contribution < -0.4 is 5.73 Å². The van der Waals surface area contributed by atoms with E-state index in [1.807, 2.05) is 6.07 Å². The molecule has 70 valence electrons. The summed E-state index contributed by atoms with van der Waals surface area (Å²) in [4.78, 5) is 0. The van der Waals surface area contributed by atoms with Crippen LogP contribution in [0.2, 0.25) is 5.02 Å². The van der Waals surface area contributed by atoms with Crippen LogP contribution in [0.15, 0.2) is 12.1 Å². The van der Waals surface area contributed by atoms with Crippen molar-refractivity contribution in [3.8, 4) is 5.75 Å². The Kier molecular flexibility index (Phi) is 2.18. The highest BCUT2D eigenvalue weighted by atomic mass is 35.5. The second-order valence-electron chi connectivity index (χ2n) is 3.47. The van der Waals surface area contributed by atoms with Gasteiger partial charge in [-0.25, -0.2) is 0 Å². The Morgan fingerprint density at radius 2 is 2.23 bits per heavy atom. The number of fused-ring (bicyclic) bond motifs is 1. The van der Waals surface area contributed by atoms with Gasteiger partial charge in [0.1, 0.15) is 5.75 Å². The van der Waals surface area contributed by atoms with E-state index in [9.17, 15) is 5.11 Å². The molecule has 0 amide bonds. The lowest BCUT2D eigenvalue weighted by atomic mass is 9.88. The lowest BCUT2D eigenvalue weighted by Crippen LogP contribution is -2.17. The molecule has 0 fully saturated rings. The molecule has 1 aromatic rings. The van der Waals surface area contributed by atoms with Crippen molar-refractivity contribution in [3.63, 3.8) is 0 Å². The Bertz CT molecular complexity index is 338. The van der Waals surface area contributed by atoms with Crippen LogP contribution in [0.5, 0.6) is 5.75 Å². The third-order valence-corrected chi connectivity index (χ3v) is 3.02. The maximum Gasteiger partial charge on any atom is 0.134 e. The van der Waals surface area contributed by atoms with E-state index >= 15 is 0 Å². The molecule has 0 bridgehead atoms. The lowest BCUT2D eigenvalue weighted by molar-refractivity contribution is 0.472. The van der Waals surface area contributed by atoms with Crippen LogP contribution in [0.4, 0.5) is 0 Å². The summed E-state index contributed by atoms with van der Waals surface area (Å²) in [5, 5.41) is 9.87. The lowest BCUT2D eigenvalue weighted by Gasteiger charge is -2.23. The fourth-order valence-corrected chi connectivity index (χ4v) is 2.15. The number of hydrogen-bond donors (Lipinski definition) is 2. The first-order valence-electron chi connectivity index (χ1n) is 4.46. The molecule has 0 saturated carbocycles. The van der Waals surface area contributed by atoms with Gasteiger partial charge in [0.2, 0.25) is 0 Å². The summed E-state index contributed by atoms with van der Waals surface area (Å²) < 4.78 is 0. The van der Waals surface area contributed by atoms with E-state index in [-0.39, 0.29) is 11.8 Å². The first-order chi connectivity index (χ1) is 6.20. The summed E-state index contributed by atoms with van der Waals surface area (Å²) in [6.07, 6.45) is 2.99. The third-order valence-electron chi connectivity index (χ3n) is 2.60. The second kappa shape index (κ2) is 3.20. The van der Waals surface area contributed by atoms with Gasteiger partial charge in [-0.3, -0.25) is 0 Å². The zero-order chi connectivity index (χ0) is 9.42. The largest absolute Gasteiger partial charge is 0.506 e.